The van der Waals surface area contributed by atoms with E-state index in [0.717, 1.165) is 5.56 Å². The number of ether oxygens (including phenoxy) is 2. The molecule has 0 fully saturated rings. The van der Waals surface area contributed by atoms with Crippen molar-refractivity contribution >= 4 is 11.7 Å². The van der Waals surface area contributed by atoms with Gasteiger partial charge in [-0.05, 0) is 31.0 Å². The molecular formula is C12H17NO3. The van der Waals surface area contributed by atoms with E-state index in [0.29, 0.717) is 30.9 Å². The first-order valence-electron chi connectivity index (χ1n) is 5.19. The van der Waals surface area contributed by atoms with Crippen molar-refractivity contribution in [3.63, 3.8) is 0 Å². The summed E-state index contributed by atoms with van der Waals surface area (Å²) in [5.41, 5.74) is 7.49. The van der Waals surface area contributed by atoms with Crippen LogP contribution in [0.1, 0.15) is 18.4 Å². The van der Waals surface area contributed by atoms with E-state index in [9.17, 15) is 4.79 Å². The monoisotopic (exact) mass is 223 g/mol. The Bertz CT molecular complexity index is 363. The molecule has 0 radical (unpaired) electrons. The van der Waals surface area contributed by atoms with E-state index >= 15 is 0 Å². The van der Waals surface area contributed by atoms with Crippen molar-refractivity contribution in [3.8, 4) is 5.75 Å². The Hall–Kier alpha value is -1.71. The van der Waals surface area contributed by atoms with Crippen LogP contribution in [-0.4, -0.2) is 19.7 Å². The molecular weight excluding hydrogens is 206 g/mol. The van der Waals surface area contributed by atoms with E-state index in [1.54, 1.807) is 0 Å². The van der Waals surface area contributed by atoms with Gasteiger partial charge >= 0.3 is 5.97 Å². The van der Waals surface area contributed by atoms with Gasteiger partial charge in [-0.1, -0.05) is 6.07 Å². The summed E-state index contributed by atoms with van der Waals surface area (Å²) in [6.07, 6.45) is 0.988. The SMILES string of the molecule is COC(=O)CCCOc1ccc(C)cc1N. The number of methoxy groups -OCH3 is 1. The Morgan fingerprint density at radius 2 is 2.19 bits per heavy atom. The van der Waals surface area contributed by atoms with Gasteiger partial charge in [-0.3, -0.25) is 4.79 Å². The largest absolute Gasteiger partial charge is 0.491 e. The lowest BCUT2D eigenvalue weighted by Gasteiger charge is -2.08. The first kappa shape index (κ1) is 12.4. The van der Waals surface area contributed by atoms with Gasteiger partial charge in [-0.15, -0.1) is 0 Å². The van der Waals surface area contributed by atoms with Gasteiger partial charge in [0, 0.05) is 6.42 Å². The van der Waals surface area contributed by atoms with Crippen LogP contribution in [0.5, 0.6) is 5.75 Å². The van der Waals surface area contributed by atoms with Gasteiger partial charge in [0.1, 0.15) is 5.75 Å². The van der Waals surface area contributed by atoms with Gasteiger partial charge in [0.2, 0.25) is 0 Å². The minimum Gasteiger partial charge on any atom is -0.491 e. The zero-order valence-electron chi connectivity index (χ0n) is 9.66. The number of carbonyl (C=O) groups excluding carboxylic acids is 1. The predicted molar refractivity (Wildman–Crippen MR) is 62.3 cm³/mol. The third-order valence-electron chi connectivity index (χ3n) is 2.18. The lowest BCUT2D eigenvalue weighted by Crippen LogP contribution is -2.05. The zero-order chi connectivity index (χ0) is 12.0. The standard InChI is InChI=1S/C12H17NO3/c1-9-5-6-11(10(13)8-9)16-7-3-4-12(14)15-2/h5-6,8H,3-4,7,13H2,1-2H3. The fourth-order valence-electron chi connectivity index (χ4n) is 1.30. The number of nitrogens with two attached hydrogens (primary N) is 1. The Kier molecular flexibility index (Phi) is 4.64. The average molecular weight is 223 g/mol. The van der Waals surface area contributed by atoms with Crippen LogP contribution < -0.4 is 10.5 Å². The maximum Gasteiger partial charge on any atom is 0.305 e. The van der Waals surface area contributed by atoms with Gasteiger partial charge in [0.15, 0.2) is 0 Å². The lowest BCUT2D eigenvalue weighted by molar-refractivity contribution is -0.140. The second kappa shape index (κ2) is 6.00. The van der Waals surface area contributed by atoms with E-state index in [2.05, 4.69) is 4.74 Å². The van der Waals surface area contributed by atoms with Crippen molar-refractivity contribution in [3.05, 3.63) is 23.8 Å². The minimum atomic E-state index is -0.222. The molecule has 0 aliphatic carbocycles. The molecule has 1 aromatic carbocycles. The quantitative estimate of drug-likeness (QED) is 0.470. The highest BCUT2D eigenvalue weighted by Crippen LogP contribution is 2.22. The maximum absolute atomic E-state index is 10.8. The number of aryl methyl sites for hydroxylation is 1. The molecule has 0 aliphatic rings. The highest BCUT2D eigenvalue weighted by atomic mass is 16.5. The number of anilines is 1. The molecule has 0 unspecified atom stereocenters. The molecule has 0 atom stereocenters. The molecule has 0 heterocycles. The summed E-state index contributed by atoms with van der Waals surface area (Å²) in [7, 11) is 1.38. The number of rotatable bonds is 5. The van der Waals surface area contributed by atoms with Crippen molar-refractivity contribution in [2.24, 2.45) is 0 Å². The van der Waals surface area contributed by atoms with Gasteiger partial charge in [0.25, 0.3) is 0 Å². The molecule has 0 saturated carbocycles. The molecule has 4 heteroatoms. The molecule has 2 N–H and O–H groups in total. The van der Waals surface area contributed by atoms with Crippen LogP contribution in [0.15, 0.2) is 18.2 Å². The highest BCUT2D eigenvalue weighted by Gasteiger charge is 2.02. The highest BCUT2D eigenvalue weighted by molar-refractivity contribution is 5.69. The first-order valence-corrected chi connectivity index (χ1v) is 5.19. The molecule has 4 nitrogen and oxygen atoms in total. The van der Waals surface area contributed by atoms with Crippen LogP contribution in [0.2, 0.25) is 0 Å². The molecule has 0 bridgehead atoms. The zero-order valence-corrected chi connectivity index (χ0v) is 9.66. The van der Waals surface area contributed by atoms with Crippen LogP contribution in [0, 0.1) is 6.92 Å². The van der Waals surface area contributed by atoms with Crippen molar-refractivity contribution in [2.75, 3.05) is 19.5 Å². The van der Waals surface area contributed by atoms with Gasteiger partial charge in [0.05, 0.1) is 19.4 Å². The van der Waals surface area contributed by atoms with Crippen LogP contribution in [-0.2, 0) is 9.53 Å². The van der Waals surface area contributed by atoms with Crippen molar-refractivity contribution in [1.29, 1.82) is 0 Å². The van der Waals surface area contributed by atoms with E-state index < -0.39 is 0 Å². The van der Waals surface area contributed by atoms with Gasteiger partial charge < -0.3 is 15.2 Å². The fourth-order valence-corrected chi connectivity index (χ4v) is 1.30. The Morgan fingerprint density at radius 3 is 2.81 bits per heavy atom. The summed E-state index contributed by atoms with van der Waals surface area (Å²) in [5.74, 6) is 0.441. The molecule has 88 valence electrons. The molecule has 0 aliphatic heterocycles. The van der Waals surface area contributed by atoms with Crippen molar-refractivity contribution in [2.45, 2.75) is 19.8 Å². The third kappa shape index (κ3) is 3.81. The normalized spacial score (nSPS) is 9.88. The van der Waals surface area contributed by atoms with E-state index in [1.807, 2.05) is 25.1 Å². The molecule has 0 saturated heterocycles. The van der Waals surface area contributed by atoms with Gasteiger partial charge in [-0.2, -0.15) is 0 Å². The average Bonchev–Trinajstić information content (AvgIpc) is 2.26. The van der Waals surface area contributed by atoms with E-state index in [-0.39, 0.29) is 5.97 Å². The van der Waals surface area contributed by atoms with Crippen LogP contribution >= 0.6 is 0 Å². The summed E-state index contributed by atoms with van der Waals surface area (Å²) in [6, 6.07) is 5.63. The van der Waals surface area contributed by atoms with E-state index in [4.69, 9.17) is 10.5 Å². The third-order valence-corrected chi connectivity index (χ3v) is 2.18. The number of esters is 1. The minimum absolute atomic E-state index is 0.222. The first-order chi connectivity index (χ1) is 7.63. The van der Waals surface area contributed by atoms with Gasteiger partial charge in [-0.25, -0.2) is 0 Å². The molecule has 0 spiro atoms. The van der Waals surface area contributed by atoms with Crippen LogP contribution in [0.3, 0.4) is 0 Å². The van der Waals surface area contributed by atoms with Crippen LogP contribution in [0.4, 0.5) is 5.69 Å². The number of hydrogen-bond acceptors (Lipinski definition) is 4. The lowest BCUT2D eigenvalue weighted by atomic mass is 10.2. The second-order valence-corrected chi connectivity index (χ2v) is 3.57. The number of hydrogen-bond donors (Lipinski definition) is 1. The molecule has 1 rings (SSSR count). The summed E-state index contributed by atoms with van der Waals surface area (Å²) in [5, 5.41) is 0. The molecule has 0 amide bonds. The van der Waals surface area contributed by atoms with E-state index in [1.165, 1.54) is 7.11 Å². The number of carbonyl (C=O) groups is 1. The summed E-state index contributed by atoms with van der Waals surface area (Å²) in [4.78, 5) is 10.8. The summed E-state index contributed by atoms with van der Waals surface area (Å²) >= 11 is 0. The molecule has 0 aromatic heterocycles. The number of nitrogen functional groups attached to an aromatic ring is 1. The molecule has 16 heavy (non-hydrogen) atoms. The number of benzene rings is 1. The topological polar surface area (TPSA) is 61.5 Å². The summed E-state index contributed by atoms with van der Waals surface area (Å²) < 4.78 is 9.98. The van der Waals surface area contributed by atoms with Crippen molar-refractivity contribution < 1.29 is 14.3 Å². The maximum atomic E-state index is 10.8. The Morgan fingerprint density at radius 1 is 1.44 bits per heavy atom. The Labute approximate surface area is 95.3 Å². The Balaban J connectivity index is 2.35. The van der Waals surface area contributed by atoms with Crippen molar-refractivity contribution in [1.82, 2.24) is 0 Å². The summed E-state index contributed by atoms with van der Waals surface area (Å²) in [6.45, 7) is 2.43. The smallest absolute Gasteiger partial charge is 0.305 e. The fraction of sp³-hybridized carbons (Fsp3) is 0.417. The molecule has 1 aromatic rings. The second-order valence-electron chi connectivity index (χ2n) is 3.57. The predicted octanol–water partition coefficient (Wildman–Crippen LogP) is 1.91. The van der Waals surface area contributed by atoms with Crippen LogP contribution in [0.25, 0.3) is 0 Å².